The van der Waals surface area contributed by atoms with E-state index in [0.29, 0.717) is 49.0 Å². The van der Waals surface area contributed by atoms with Crippen LogP contribution in [0.3, 0.4) is 0 Å². The summed E-state index contributed by atoms with van der Waals surface area (Å²) in [7, 11) is 0. The van der Waals surface area contributed by atoms with E-state index in [-0.39, 0.29) is 30.1 Å². The quantitative estimate of drug-likeness (QED) is 0.482. The Balaban J connectivity index is 1.23. The Morgan fingerprint density at radius 2 is 1.91 bits per heavy atom. The summed E-state index contributed by atoms with van der Waals surface area (Å²) >= 11 is 6.03. The van der Waals surface area contributed by atoms with Gasteiger partial charge in [0.25, 0.3) is 0 Å². The molecule has 1 aromatic carbocycles. The van der Waals surface area contributed by atoms with E-state index in [1.54, 1.807) is 23.1 Å². The maximum absolute atomic E-state index is 13.5. The molecule has 2 aromatic heterocycles. The number of hydrogen-bond acceptors (Lipinski definition) is 5. The standard InChI is InChI=1S/C24H24ClF3N4O2/c25-17-5-6-20-19(13-17)30-22(34-20)15-7-11-31(12-8-15)23(33)16-3-2-10-32(14-16)21-18(24(26,27)28)4-1-9-29-21/h1,4-6,9,13,15-16H,2-3,7-8,10-12,14H2. The van der Waals surface area contributed by atoms with Crippen LogP contribution in [0.1, 0.15) is 43.1 Å². The number of halogens is 4. The van der Waals surface area contributed by atoms with Crippen molar-refractivity contribution in [3.63, 3.8) is 0 Å². The average Bonchev–Trinajstić information content (AvgIpc) is 3.26. The van der Waals surface area contributed by atoms with Gasteiger partial charge >= 0.3 is 6.18 Å². The number of aromatic nitrogens is 2. The molecular formula is C24H24ClF3N4O2. The van der Waals surface area contributed by atoms with E-state index >= 15 is 0 Å². The number of oxazole rings is 1. The summed E-state index contributed by atoms with van der Waals surface area (Å²) in [5, 5.41) is 0.599. The van der Waals surface area contributed by atoms with E-state index in [4.69, 9.17) is 16.0 Å². The number of likely N-dealkylation sites (tertiary alicyclic amines) is 1. The van der Waals surface area contributed by atoms with Gasteiger partial charge in [-0.15, -0.1) is 0 Å². The van der Waals surface area contributed by atoms with Crippen LogP contribution in [0.5, 0.6) is 0 Å². The Hall–Kier alpha value is -2.81. The lowest BCUT2D eigenvalue weighted by atomic mass is 9.92. The summed E-state index contributed by atoms with van der Waals surface area (Å²) in [5.74, 6) is 0.322. The molecule has 2 saturated heterocycles. The van der Waals surface area contributed by atoms with Crippen molar-refractivity contribution in [3.8, 4) is 0 Å². The van der Waals surface area contributed by atoms with Crippen molar-refractivity contribution in [2.75, 3.05) is 31.1 Å². The largest absolute Gasteiger partial charge is 0.440 e. The smallest absolute Gasteiger partial charge is 0.419 e. The van der Waals surface area contributed by atoms with Crippen molar-refractivity contribution in [2.45, 2.75) is 37.8 Å². The van der Waals surface area contributed by atoms with Crippen LogP contribution in [-0.4, -0.2) is 47.0 Å². The second-order valence-corrected chi connectivity index (χ2v) is 9.36. The van der Waals surface area contributed by atoms with Gasteiger partial charge in [0.15, 0.2) is 11.5 Å². The minimum Gasteiger partial charge on any atom is -0.440 e. The van der Waals surface area contributed by atoms with Gasteiger partial charge in [-0.05, 0) is 56.0 Å². The molecule has 0 saturated carbocycles. The molecule has 2 fully saturated rings. The van der Waals surface area contributed by atoms with E-state index in [9.17, 15) is 18.0 Å². The maximum Gasteiger partial charge on any atom is 0.419 e. The number of carbonyl (C=O) groups excluding carboxylic acids is 1. The van der Waals surface area contributed by atoms with Crippen molar-refractivity contribution >= 4 is 34.4 Å². The van der Waals surface area contributed by atoms with Crippen LogP contribution < -0.4 is 4.90 Å². The van der Waals surface area contributed by atoms with E-state index < -0.39 is 11.7 Å². The number of carbonyl (C=O) groups is 1. The first-order chi connectivity index (χ1) is 16.3. The lowest BCUT2D eigenvalue weighted by Crippen LogP contribution is -2.47. The predicted octanol–water partition coefficient (Wildman–Crippen LogP) is 5.52. The number of fused-ring (bicyclic) bond motifs is 1. The van der Waals surface area contributed by atoms with Crippen LogP contribution in [0.15, 0.2) is 40.9 Å². The van der Waals surface area contributed by atoms with Gasteiger partial charge < -0.3 is 14.2 Å². The second kappa shape index (κ2) is 9.09. The molecule has 1 amide bonds. The molecule has 5 rings (SSSR count). The number of hydrogen-bond donors (Lipinski definition) is 0. The third-order valence-corrected chi connectivity index (χ3v) is 6.92. The van der Waals surface area contributed by atoms with Gasteiger partial charge in [-0.1, -0.05) is 11.6 Å². The number of anilines is 1. The lowest BCUT2D eigenvalue weighted by molar-refractivity contribution is -0.137. The molecule has 3 aromatic rings. The minimum atomic E-state index is -4.49. The molecule has 0 spiro atoms. The average molecular weight is 493 g/mol. The van der Waals surface area contributed by atoms with E-state index in [1.165, 1.54) is 12.3 Å². The molecule has 10 heteroatoms. The molecule has 6 nitrogen and oxygen atoms in total. The third-order valence-electron chi connectivity index (χ3n) is 6.68. The molecule has 2 aliphatic rings. The number of piperidine rings is 2. The summed E-state index contributed by atoms with van der Waals surface area (Å²) in [6.45, 7) is 1.83. The van der Waals surface area contributed by atoms with Gasteiger partial charge in [0.2, 0.25) is 5.91 Å². The highest BCUT2D eigenvalue weighted by molar-refractivity contribution is 6.31. The predicted molar refractivity (Wildman–Crippen MR) is 122 cm³/mol. The molecule has 0 N–H and O–H groups in total. The van der Waals surface area contributed by atoms with Crippen LogP contribution in [0, 0.1) is 5.92 Å². The summed E-state index contributed by atoms with van der Waals surface area (Å²) in [6, 6.07) is 7.65. The Bertz CT molecular complexity index is 1190. The van der Waals surface area contributed by atoms with Crippen LogP contribution in [0.4, 0.5) is 19.0 Å². The summed E-state index contributed by atoms with van der Waals surface area (Å²) < 4.78 is 46.3. The Morgan fingerprint density at radius 3 is 2.68 bits per heavy atom. The highest BCUT2D eigenvalue weighted by Crippen LogP contribution is 2.37. The molecule has 2 aliphatic heterocycles. The maximum atomic E-state index is 13.5. The fraction of sp³-hybridized carbons (Fsp3) is 0.458. The second-order valence-electron chi connectivity index (χ2n) is 8.92. The number of pyridine rings is 1. The first-order valence-electron chi connectivity index (χ1n) is 11.4. The van der Waals surface area contributed by atoms with Crippen LogP contribution in [0.2, 0.25) is 5.02 Å². The molecule has 0 aliphatic carbocycles. The van der Waals surface area contributed by atoms with Gasteiger partial charge in [-0.3, -0.25) is 4.79 Å². The Labute approximate surface area is 199 Å². The minimum absolute atomic E-state index is 0.00279. The van der Waals surface area contributed by atoms with Crippen LogP contribution in [0.25, 0.3) is 11.1 Å². The molecular weight excluding hydrogens is 469 g/mol. The summed E-state index contributed by atoms with van der Waals surface area (Å²) in [4.78, 5) is 25.2. The Kier molecular flexibility index (Phi) is 6.14. The van der Waals surface area contributed by atoms with Crippen molar-refractivity contribution in [1.29, 1.82) is 0 Å². The summed E-state index contributed by atoms with van der Waals surface area (Å²) in [5.41, 5.74) is 0.646. The molecule has 0 bridgehead atoms. The SMILES string of the molecule is O=C(C1CCCN(c2ncccc2C(F)(F)F)C1)N1CCC(c2nc3cc(Cl)ccc3o2)CC1. The zero-order valence-corrected chi connectivity index (χ0v) is 19.1. The van der Waals surface area contributed by atoms with Gasteiger partial charge in [-0.25, -0.2) is 9.97 Å². The van der Waals surface area contributed by atoms with Crippen molar-refractivity contribution < 1.29 is 22.4 Å². The highest BCUT2D eigenvalue weighted by Gasteiger charge is 2.38. The normalized spacial score (nSPS) is 20.2. The molecule has 1 atom stereocenters. The van der Waals surface area contributed by atoms with E-state index in [2.05, 4.69) is 9.97 Å². The van der Waals surface area contributed by atoms with Crippen molar-refractivity contribution in [1.82, 2.24) is 14.9 Å². The Morgan fingerprint density at radius 1 is 1.12 bits per heavy atom. The highest BCUT2D eigenvalue weighted by atomic mass is 35.5. The lowest BCUT2D eigenvalue weighted by Gasteiger charge is -2.38. The molecule has 1 unspecified atom stereocenters. The third kappa shape index (κ3) is 4.58. The monoisotopic (exact) mass is 492 g/mol. The number of alkyl halides is 3. The van der Waals surface area contributed by atoms with Crippen molar-refractivity contribution in [3.05, 3.63) is 53.0 Å². The molecule has 180 valence electrons. The number of amides is 1. The number of benzene rings is 1. The topological polar surface area (TPSA) is 62.5 Å². The van der Waals surface area contributed by atoms with Gasteiger partial charge in [0, 0.05) is 43.3 Å². The molecule has 4 heterocycles. The number of nitrogens with zero attached hydrogens (tertiary/aromatic N) is 4. The van der Waals surface area contributed by atoms with Crippen LogP contribution >= 0.6 is 11.6 Å². The fourth-order valence-electron chi connectivity index (χ4n) is 4.94. The molecule has 34 heavy (non-hydrogen) atoms. The van der Waals surface area contributed by atoms with Gasteiger partial charge in [0.05, 0.1) is 11.5 Å². The molecule has 0 radical (unpaired) electrons. The van der Waals surface area contributed by atoms with Crippen molar-refractivity contribution in [2.24, 2.45) is 5.92 Å². The summed E-state index contributed by atoms with van der Waals surface area (Å²) in [6.07, 6.45) is -0.372. The van der Waals surface area contributed by atoms with E-state index in [1.807, 2.05) is 4.90 Å². The van der Waals surface area contributed by atoms with E-state index in [0.717, 1.165) is 24.4 Å². The zero-order chi connectivity index (χ0) is 23.9. The van der Waals surface area contributed by atoms with Crippen LogP contribution in [-0.2, 0) is 11.0 Å². The van der Waals surface area contributed by atoms with Gasteiger partial charge in [0.1, 0.15) is 11.3 Å². The van der Waals surface area contributed by atoms with Gasteiger partial charge in [-0.2, -0.15) is 13.2 Å². The zero-order valence-electron chi connectivity index (χ0n) is 18.4. The fourth-order valence-corrected chi connectivity index (χ4v) is 5.11. The number of rotatable bonds is 3. The first kappa shape index (κ1) is 23.0. The first-order valence-corrected chi connectivity index (χ1v) is 11.8.